The van der Waals surface area contributed by atoms with Crippen LogP contribution < -0.4 is 15.4 Å². The number of ether oxygens (including phenoxy) is 1. The molecule has 0 aromatic heterocycles. The van der Waals surface area contributed by atoms with Gasteiger partial charge in [0.25, 0.3) is 5.91 Å². The number of aliphatic hydroxyl groups excluding tert-OH is 1. The van der Waals surface area contributed by atoms with Crippen molar-refractivity contribution in [2.75, 3.05) is 33.4 Å². The van der Waals surface area contributed by atoms with Crippen LogP contribution in [0.15, 0.2) is 12.1 Å². The van der Waals surface area contributed by atoms with Crippen LogP contribution in [0.1, 0.15) is 23.7 Å². The van der Waals surface area contributed by atoms with E-state index in [1.165, 1.54) is 7.11 Å². The number of hydrogen-bond acceptors (Lipinski definition) is 5. The number of hydrogen-bond donors (Lipinski definition) is 3. The Labute approximate surface area is 150 Å². The van der Waals surface area contributed by atoms with Gasteiger partial charge in [-0.1, -0.05) is 0 Å². The number of benzene rings is 1. The van der Waals surface area contributed by atoms with Crippen molar-refractivity contribution >= 4 is 11.8 Å². The molecule has 0 radical (unpaired) electrons. The molecule has 2 amide bonds. The van der Waals surface area contributed by atoms with Crippen molar-refractivity contribution in [3.8, 4) is 5.75 Å². The van der Waals surface area contributed by atoms with Crippen LogP contribution in [0.5, 0.6) is 5.75 Å². The quantitative estimate of drug-likeness (QED) is 0.640. The van der Waals surface area contributed by atoms with E-state index in [2.05, 4.69) is 10.6 Å². The van der Waals surface area contributed by atoms with Gasteiger partial charge in [0, 0.05) is 37.8 Å². The predicted molar refractivity (Wildman–Crippen MR) is 89.9 cm³/mol. The maximum atomic E-state index is 14.0. The van der Waals surface area contributed by atoms with Crippen LogP contribution in [0.2, 0.25) is 0 Å². The van der Waals surface area contributed by atoms with Gasteiger partial charge < -0.3 is 20.5 Å². The number of carbonyl (C=O) groups excluding carboxylic acids is 2. The lowest BCUT2D eigenvalue weighted by Crippen LogP contribution is -2.44. The predicted octanol–water partition coefficient (Wildman–Crippen LogP) is 0.274. The zero-order valence-corrected chi connectivity index (χ0v) is 14.7. The molecule has 2 rings (SSSR count). The van der Waals surface area contributed by atoms with E-state index in [-0.39, 0.29) is 31.2 Å². The summed E-state index contributed by atoms with van der Waals surface area (Å²) in [6, 6.07) is 0.880. The third-order valence-corrected chi connectivity index (χ3v) is 4.26. The van der Waals surface area contributed by atoms with E-state index >= 15 is 0 Å². The number of methoxy groups -OCH3 is 1. The number of nitrogens with one attached hydrogen (secondary N) is 2. The van der Waals surface area contributed by atoms with E-state index in [0.717, 1.165) is 12.1 Å². The molecule has 0 unspecified atom stereocenters. The van der Waals surface area contributed by atoms with Crippen molar-refractivity contribution in [3.05, 3.63) is 29.3 Å². The molecule has 1 aliphatic rings. The lowest BCUT2D eigenvalue weighted by atomic mass is 10.1. The van der Waals surface area contributed by atoms with Crippen LogP contribution in [-0.2, 0) is 4.79 Å². The lowest BCUT2D eigenvalue weighted by molar-refractivity contribution is -0.125. The number of amides is 2. The minimum Gasteiger partial charge on any atom is -0.497 e. The Balaban J connectivity index is 2.11. The zero-order valence-electron chi connectivity index (χ0n) is 14.7. The van der Waals surface area contributed by atoms with Gasteiger partial charge in [-0.05, 0) is 13.3 Å². The Morgan fingerprint density at radius 3 is 2.54 bits per heavy atom. The number of likely N-dealkylation sites (tertiary alicyclic amines) is 1. The first-order chi connectivity index (χ1) is 12.4. The highest BCUT2D eigenvalue weighted by molar-refractivity contribution is 5.95. The van der Waals surface area contributed by atoms with Crippen molar-refractivity contribution in [1.82, 2.24) is 15.5 Å². The van der Waals surface area contributed by atoms with Gasteiger partial charge in [0.2, 0.25) is 5.91 Å². The molecule has 1 fully saturated rings. The van der Waals surface area contributed by atoms with Crippen molar-refractivity contribution in [1.29, 1.82) is 0 Å². The molecule has 9 heteroatoms. The molecule has 3 N–H and O–H groups in total. The SMILES string of the molecule is CCNC(=O)[C@@H]1C[C@H](NC(=O)c2c(F)cc(OC)cc2F)CN1CCO. The minimum atomic E-state index is -1.02. The van der Waals surface area contributed by atoms with Crippen molar-refractivity contribution in [2.45, 2.75) is 25.4 Å². The summed E-state index contributed by atoms with van der Waals surface area (Å²) in [4.78, 5) is 26.2. The van der Waals surface area contributed by atoms with Gasteiger partial charge in [-0.3, -0.25) is 14.5 Å². The zero-order chi connectivity index (χ0) is 19.3. The second kappa shape index (κ2) is 8.91. The summed E-state index contributed by atoms with van der Waals surface area (Å²) in [5, 5.41) is 14.4. The maximum Gasteiger partial charge on any atom is 0.257 e. The van der Waals surface area contributed by atoms with E-state index in [4.69, 9.17) is 9.84 Å². The first kappa shape index (κ1) is 20.1. The number of β-amino-alcohol motifs (C(OH)–C–C–N with tert-alkyl or cyclic N) is 1. The van der Waals surface area contributed by atoms with E-state index in [1.54, 1.807) is 11.8 Å². The fourth-order valence-electron chi connectivity index (χ4n) is 3.09. The maximum absolute atomic E-state index is 14.0. The Kier molecular flexibility index (Phi) is 6.87. The van der Waals surface area contributed by atoms with Gasteiger partial charge in [-0.25, -0.2) is 8.78 Å². The number of likely N-dealkylation sites (N-methyl/N-ethyl adjacent to an activating group) is 1. The number of rotatable bonds is 7. The van der Waals surface area contributed by atoms with Gasteiger partial charge in [0.05, 0.1) is 19.8 Å². The second-order valence-electron chi connectivity index (χ2n) is 6.00. The van der Waals surface area contributed by atoms with Crippen LogP contribution in [0.4, 0.5) is 8.78 Å². The van der Waals surface area contributed by atoms with Gasteiger partial charge in [-0.2, -0.15) is 0 Å². The summed E-state index contributed by atoms with van der Waals surface area (Å²) < 4.78 is 32.8. The third kappa shape index (κ3) is 4.47. The van der Waals surface area contributed by atoms with Gasteiger partial charge in [0.15, 0.2) is 0 Å². The molecule has 1 heterocycles. The molecular weight excluding hydrogens is 348 g/mol. The van der Waals surface area contributed by atoms with Crippen molar-refractivity contribution in [3.63, 3.8) is 0 Å². The van der Waals surface area contributed by atoms with Gasteiger partial charge in [-0.15, -0.1) is 0 Å². The molecule has 1 aromatic carbocycles. The Morgan fingerprint density at radius 2 is 2.00 bits per heavy atom. The summed E-state index contributed by atoms with van der Waals surface area (Å²) in [6.07, 6.45) is 0.289. The summed E-state index contributed by atoms with van der Waals surface area (Å²) in [6.45, 7) is 2.67. The number of aliphatic hydroxyl groups is 1. The van der Waals surface area contributed by atoms with Crippen LogP contribution in [0.25, 0.3) is 0 Å². The lowest BCUT2D eigenvalue weighted by Gasteiger charge is -2.21. The third-order valence-electron chi connectivity index (χ3n) is 4.26. The average molecular weight is 371 g/mol. The molecule has 1 saturated heterocycles. The van der Waals surface area contributed by atoms with E-state index in [0.29, 0.717) is 13.1 Å². The topological polar surface area (TPSA) is 90.9 Å². The molecule has 1 aliphatic heterocycles. The van der Waals surface area contributed by atoms with E-state index in [9.17, 15) is 18.4 Å². The first-order valence-corrected chi connectivity index (χ1v) is 8.37. The normalized spacial score (nSPS) is 20.0. The molecular formula is C17H23F2N3O4. The highest BCUT2D eigenvalue weighted by Gasteiger charge is 2.37. The van der Waals surface area contributed by atoms with Crippen molar-refractivity contribution < 1.29 is 28.2 Å². The highest BCUT2D eigenvalue weighted by Crippen LogP contribution is 2.22. The minimum absolute atomic E-state index is 0.0251. The van der Waals surface area contributed by atoms with Crippen LogP contribution in [0.3, 0.4) is 0 Å². The number of halogens is 2. The highest BCUT2D eigenvalue weighted by atomic mass is 19.1. The largest absolute Gasteiger partial charge is 0.497 e. The fraction of sp³-hybridized carbons (Fsp3) is 0.529. The molecule has 0 saturated carbocycles. The fourth-order valence-corrected chi connectivity index (χ4v) is 3.09. The Morgan fingerprint density at radius 1 is 1.35 bits per heavy atom. The van der Waals surface area contributed by atoms with Gasteiger partial charge >= 0.3 is 0 Å². The monoisotopic (exact) mass is 371 g/mol. The summed E-state index contributed by atoms with van der Waals surface area (Å²) in [5.41, 5.74) is -0.694. The standard InChI is InChI=1S/C17H23F2N3O4/c1-3-20-16(24)14-6-10(9-22(14)4-5-23)21-17(25)15-12(18)7-11(26-2)8-13(15)19/h7-8,10,14,23H,3-6,9H2,1-2H3,(H,20,24)(H,21,25)/t10-,14-/m0/s1. The molecule has 2 atom stereocenters. The summed E-state index contributed by atoms with van der Waals surface area (Å²) in [7, 11) is 1.27. The number of carbonyl (C=O) groups is 2. The van der Waals surface area contributed by atoms with Crippen LogP contribution in [0, 0.1) is 11.6 Å². The average Bonchev–Trinajstić information content (AvgIpc) is 2.97. The molecule has 0 aliphatic carbocycles. The van der Waals surface area contributed by atoms with Gasteiger partial charge in [0.1, 0.15) is 22.9 Å². The molecule has 7 nitrogen and oxygen atoms in total. The van der Waals surface area contributed by atoms with Crippen LogP contribution >= 0.6 is 0 Å². The summed E-state index contributed by atoms with van der Waals surface area (Å²) >= 11 is 0. The Hall–Kier alpha value is -2.26. The Bertz CT molecular complexity index is 648. The summed E-state index contributed by atoms with van der Waals surface area (Å²) in [5.74, 6) is -3.18. The second-order valence-corrected chi connectivity index (χ2v) is 6.00. The number of nitrogens with zero attached hydrogens (tertiary/aromatic N) is 1. The van der Waals surface area contributed by atoms with E-state index < -0.39 is 35.2 Å². The molecule has 26 heavy (non-hydrogen) atoms. The molecule has 1 aromatic rings. The molecule has 144 valence electrons. The molecule has 0 bridgehead atoms. The molecule has 0 spiro atoms. The van der Waals surface area contributed by atoms with Crippen LogP contribution in [-0.4, -0.2) is 67.3 Å². The van der Waals surface area contributed by atoms with Crippen molar-refractivity contribution in [2.24, 2.45) is 0 Å². The first-order valence-electron chi connectivity index (χ1n) is 8.37. The smallest absolute Gasteiger partial charge is 0.257 e. The van der Waals surface area contributed by atoms with E-state index in [1.807, 2.05) is 0 Å².